The van der Waals surface area contributed by atoms with Crippen molar-refractivity contribution in [2.24, 2.45) is 0 Å². The van der Waals surface area contributed by atoms with Crippen molar-refractivity contribution in [3.8, 4) is 0 Å². The maximum Gasteiger partial charge on any atom is 0.257 e. The van der Waals surface area contributed by atoms with Crippen molar-refractivity contribution in [2.45, 2.75) is 6.42 Å². The van der Waals surface area contributed by atoms with Gasteiger partial charge in [0.2, 0.25) is 0 Å². The fourth-order valence-electron chi connectivity index (χ4n) is 2.51. The number of amides is 1. The van der Waals surface area contributed by atoms with Gasteiger partial charge in [0, 0.05) is 43.9 Å². The van der Waals surface area contributed by atoms with Gasteiger partial charge in [-0.25, -0.2) is 8.78 Å². The highest BCUT2D eigenvalue weighted by Gasteiger charge is 2.11. The van der Waals surface area contributed by atoms with Gasteiger partial charge in [-0.2, -0.15) is 0 Å². The van der Waals surface area contributed by atoms with E-state index in [1.165, 1.54) is 12.3 Å². The number of benzene rings is 1. The van der Waals surface area contributed by atoms with Crippen molar-refractivity contribution in [1.29, 1.82) is 0 Å². The molecule has 0 atom stereocenters. The first-order valence-electron chi connectivity index (χ1n) is 8.34. The van der Waals surface area contributed by atoms with Gasteiger partial charge >= 0.3 is 0 Å². The molecular formula is C20H18F2N4O. The minimum atomic E-state index is -1.02. The number of nitrogens with zero attached hydrogens (tertiary/aromatic N) is 3. The third-order valence-electron chi connectivity index (χ3n) is 4.09. The number of anilines is 2. The molecule has 3 rings (SSSR count). The van der Waals surface area contributed by atoms with Gasteiger partial charge in [-0.05, 0) is 42.3 Å². The molecule has 1 aromatic carbocycles. The number of carbonyl (C=O) groups is 1. The highest BCUT2D eigenvalue weighted by atomic mass is 19.2. The Morgan fingerprint density at radius 1 is 1.04 bits per heavy atom. The van der Waals surface area contributed by atoms with E-state index in [0.29, 0.717) is 5.56 Å². The van der Waals surface area contributed by atoms with Crippen LogP contribution in [0.3, 0.4) is 0 Å². The predicted molar refractivity (Wildman–Crippen MR) is 99.8 cm³/mol. The number of hydrogen-bond donors (Lipinski definition) is 1. The van der Waals surface area contributed by atoms with E-state index in [0.717, 1.165) is 36.3 Å². The summed E-state index contributed by atoms with van der Waals surface area (Å²) in [6, 6.07) is 8.82. The van der Waals surface area contributed by atoms with Crippen LogP contribution in [0, 0.1) is 11.6 Å². The molecule has 0 aliphatic heterocycles. The van der Waals surface area contributed by atoms with Crippen molar-refractivity contribution in [3.05, 3.63) is 83.9 Å². The zero-order valence-corrected chi connectivity index (χ0v) is 14.7. The Bertz CT molecular complexity index is 934. The molecule has 5 nitrogen and oxygen atoms in total. The molecule has 2 aromatic heterocycles. The minimum absolute atomic E-state index is 0.176. The summed E-state index contributed by atoms with van der Waals surface area (Å²) < 4.78 is 26.3. The smallest absolute Gasteiger partial charge is 0.257 e. The summed E-state index contributed by atoms with van der Waals surface area (Å²) in [6.07, 6.45) is 7.42. The maximum atomic E-state index is 13.3. The SMILES string of the molecule is CN(CCc1ccncc1)c1cncc(C(=O)Nc2ccc(F)c(F)c2)c1. The molecule has 0 fully saturated rings. The van der Waals surface area contributed by atoms with Crippen LogP contribution in [-0.2, 0) is 6.42 Å². The monoisotopic (exact) mass is 368 g/mol. The van der Waals surface area contributed by atoms with Gasteiger partial charge in [-0.15, -0.1) is 0 Å². The molecule has 3 aromatic rings. The van der Waals surface area contributed by atoms with Crippen LogP contribution in [0.1, 0.15) is 15.9 Å². The van der Waals surface area contributed by atoms with Crippen molar-refractivity contribution in [1.82, 2.24) is 9.97 Å². The number of aromatic nitrogens is 2. The maximum absolute atomic E-state index is 13.3. The average molecular weight is 368 g/mol. The van der Waals surface area contributed by atoms with Gasteiger partial charge in [-0.3, -0.25) is 14.8 Å². The first-order valence-corrected chi connectivity index (χ1v) is 8.34. The topological polar surface area (TPSA) is 58.1 Å². The fraction of sp³-hybridized carbons (Fsp3) is 0.150. The second kappa shape index (κ2) is 8.35. The van der Waals surface area contributed by atoms with E-state index >= 15 is 0 Å². The Labute approximate surface area is 155 Å². The number of halogens is 2. The zero-order valence-electron chi connectivity index (χ0n) is 14.7. The van der Waals surface area contributed by atoms with Crippen LogP contribution in [-0.4, -0.2) is 29.5 Å². The summed E-state index contributed by atoms with van der Waals surface area (Å²) in [7, 11) is 1.91. The third-order valence-corrected chi connectivity index (χ3v) is 4.09. The van der Waals surface area contributed by atoms with Crippen LogP contribution in [0.15, 0.2) is 61.2 Å². The molecule has 2 heterocycles. The number of hydrogen-bond acceptors (Lipinski definition) is 4. The second-order valence-corrected chi connectivity index (χ2v) is 6.04. The Hall–Kier alpha value is -3.35. The van der Waals surface area contributed by atoms with Crippen molar-refractivity contribution < 1.29 is 13.6 Å². The predicted octanol–water partition coefficient (Wildman–Crippen LogP) is 3.69. The molecule has 27 heavy (non-hydrogen) atoms. The van der Waals surface area contributed by atoms with E-state index in [1.54, 1.807) is 24.7 Å². The largest absolute Gasteiger partial charge is 0.373 e. The summed E-state index contributed by atoms with van der Waals surface area (Å²) in [5.74, 6) is -2.43. The van der Waals surface area contributed by atoms with E-state index in [1.807, 2.05) is 24.1 Å². The third kappa shape index (κ3) is 4.84. The molecule has 0 bridgehead atoms. The van der Waals surface area contributed by atoms with Gasteiger partial charge in [0.15, 0.2) is 11.6 Å². The Kier molecular flexibility index (Phi) is 5.71. The Balaban J connectivity index is 1.66. The molecule has 0 unspecified atom stereocenters. The normalized spacial score (nSPS) is 10.5. The van der Waals surface area contributed by atoms with E-state index in [-0.39, 0.29) is 5.69 Å². The van der Waals surface area contributed by atoms with E-state index in [4.69, 9.17) is 0 Å². The molecule has 1 N–H and O–H groups in total. The fourth-order valence-corrected chi connectivity index (χ4v) is 2.51. The van der Waals surface area contributed by atoms with Gasteiger partial charge in [0.05, 0.1) is 17.4 Å². The minimum Gasteiger partial charge on any atom is -0.373 e. The highest BCUT2D eigenvalue weighted by Crippen LogP contribution is 2.17. The van der Waals surface area contributed by atoms with Gasteiger partial charge in [-0.1, -0.05) is 0 Å². The summed E-state index contributed by atoms with van der Waals surface area (Å²) >= 11 is 0. The molecule has 7 heteroatoms. The van der Waals surface area contributed by atoms with Crippen molar-refractivity contribution in [2.75, 3.05) is 23.8 Å². The number of rotatable bonds is 6. The molecule has 0 spiro atoms. The molecule has 0 aliphatic carbocycles. The number of pyridine rings is 2. The summed E-state index contributed by atoms with van der Waals surface area (Å²) in [5.41, 5.74) is 2.45. The molecule has 0 radical (unpaired) electrons. The quantitative estimate of drug-likeness (QED) is 0.721. The molecule has 0 saturated heterocycles. The lowest BCUT2D eigenvalue weighted by molar-refractivity contribution is 0.102. The molecule has 0 saturated carbocycles. The van der Waals surface area contributed by atoms with E-state index < -0.39 is 17.5 Å². The second-order valence-electron chi connectivity index (χ2n) is 6.04. The first-order chi connectivity index (χ1) is 13.0. The lowest BCUT2D eigenvalue weighted by Gasteiger charge is -2.19. The number of nitrogens with one attached hydrogen (secondary N) is 1. The van der Waals surface area contributed by atoms with Crippen LogP contribution in [0.5, 0.6) is 0 Å². The molecule has 0 aliphatic rings. The van der Waals surface area contributed by atoms with Gasteiger partial charge in [0.25, 0.3) is 5.91 Å². The lowest BCUT2D eigenvalue weighted by atomic mass is 10.2. The Morgan fingerprint density at radius 3 is 2.56 bits per heavy atom. The highest BCUT2D eigenvalue weighted by molar-refractivity contribution is 6.04. The summed E-state index contributed by atoms with van der Waals surface area (Å²) in [5, 5.41) is 2.54. The van der Waals surface area contributed by atoms with Gasteiger partial charge < -0.3 is 10.2 Å². The number of likely N-dealkylation sites (N-methyl/N-ethyl adjacent to an activating group) is 1. The molecule has 1 amide bonds. The number of carbonyl (C=O) groups excluding carboxylic acids is 1. The van der Waals surface area contributed by atoms with E-state index in [2.05, 4.69) is 15.3 Å². The zero-order chi connectivity index (χ0) is 19.2. The lowest BCUT2D eigenvalue weighted by Crippen LogP contribution is -2.21. The van der Waals surface area contributed by atoms with Crippen LogP contribution in [0.2, 0.25) is 0 Å². The van der Waals surface area contributed by atoms with Crippen LogP contribution in [0.25, 0.3) is 0 Å². The van der Waals surface area contributed by atoms with Crippen molar-refractivity contribution in [3.63, 3.8) is 0 Å². The first kappa shape index (κ1) is 18.4. The van der Waals surface area contributed by atoms with Gasteiger partial charge in [0.1, 0.15) is 0 Å². The molecule has 138 valence electrons. The Morgan fingerprint density at radius 2 is 1.81 bits per heavy atom. The van der Waals surface area contributed by atoms with E-state index in [9.17, 15) is 13.6 Å². The standard InChI is InChI=1S/C20H18F2N4O/c1-26(9-6-14-4-7-23-8-5-14)17-10-15(12-24-13-17)20(27)25-16-2-3-18(21)19(22)11-16/h2-5,7-8,10-13H,6,9H2,1H3,(H,25,27). The average Bonchev–Trinajstić information content (AvgIpc) is 2.70. The summed E-state index contributed by atoms with van der Waals surface area (Å²) in [6.45, 7) is 0.736. The van der Waals surface area contributed by atoms with Crippen LogP contribution < -0.4 is 10.2 Å². The van der Waals surface area contributed by atoms with Crippen molar-refractivity contribution >= 4 is 17.3 Å². The van der Waals surface area contributed by atoms with Crippen LogP contribution in [0.4, 0.5) is 20.2 Å². The molecular weight excluding hydrogens is 350 g/mol. The van der Waals surface area contributed by atoms with Crippen LogP contribution >= 0.6 is 0 Å². The summed E-state index contributed by atoms with van der Waals surface area (Å²) in [4.78, 5) is 22.5.